The Morgan fingerprint density at radius 1 is 1.03 bits per heavy atom. The molecule has 0 saturated carbocycles. The van der Waals surface area contributed by atoms with Crippen LogP contribution in [0.4, 0.5) is 15.2 Å². The number of halogens is 1. The third-order valence-corrected chi connectivity index (χ3v) is 6.21. The molecule has 2 aromatic heterocycles. The van der Waals surface area contributed by atoms with E-state index in [-0.39, 0.29) is 18.1 Å². The van der Waals surface area contributed by atoms with Crippen LogP contribution in [0.1, 0.15) is 15.6 Å². The number of amides is 1. The highest BCUT2D eigenvalue weighted by Crippen LogP contribution is 2.33. The summed E-state index contributed by atoms with van der Waals surface area (Å²) in [5.41, 5.74) is 3.18. The summed E-state index contributed by atoms with van der Waals surface area (Å²) < 4.78 is 13.3. The van der Waals surface area contributed by atoms with Crippen LogP contribution in [-0.4, -0.2) is 15.9 Å². The van der Waals surface area contributed by atoms with Crippen LogP contribution in [0, 0.1) is 19.7 Å². The highest BCUT2D eigenvalue weighted by atomic mass is 32.1. The zero-order valence-electron chi connectivity index (χ0n) is 15.9. The quantitative estimate of drug-likeness (QED) is 0.400. The predicted octanol–water partition coefficient (Wildman–Crippen LogP) is 5.93. The van der Waals surface area contributed by atoms with Gasteiger partial charge in [-0.3, -0.25) is 9.69 Å². The molecule has 0 radical (unpaired) electrons. The van der Waals surface area contributed by atoms with Crippen LogP contribution in [0.15, 0.2) is 60.0 Å². The third-order valence-electron chi connectivity index (χ3n) is 4.30. The molecule has 0 aliphatic carbocycles. The average molecular weight is 424 g/mol. The molecule has 29 heavy (non-hydrogen) atoms. The summed E-state index contributed by atoms with van der Waals surface area (Å²) in [5.74, 6) is -0.384. The lowest BCUT2D eigenvalue weighted by atomic mass is 10.1. The minimum absolute atomic E-state index is 0.0856. The molecule has 146 valence electrons. The van der Waals surface area contributed by atoms with Crippen molar-refractivity contribution >= 4 is 39.4 Å². The van der Waals surface area contributed by atoms with Crippen LogP contribution < -0.4 is 4.90 Å². The first-order valence-electron chi connectivity index (χ1n) is 9.03. The summed E-state index contributed by atoms with van der Waals surface area (Å²) in [6.07, 6.45) is 0.186. The zero-order chi connectivity index (χ0) is 20.4. The molecule has 0 fully saturated rings. The molecule has 0 atom stereocenters. The highest BCUT2D eigenvalue weighted by molar-refractivity contribution is 7.14. The van der Waals surface area contributed by atoms with Crippen LogP contribution in [0.2, 0.25) is 0 Å². The van der Waals surface area contributed by atoms with Crippen molar-refractivity contribution < 1.29 is 9.18 Å². The highest BCUT2D eigenvalue weighted by Gasteiger charge is 2.24. The summed E-state index contributed by atoms with van der Waals surface area (Å²) in [4.78, 5) is 25.0. The first-order valence-corrected chi connectivity index (χ1v) is 10.7. The standard InChI is InChI=1S/C22H18FN3OS2/c1-14-13-28-22(24-14)26(18-6-4-3-5-7-18)20(27)12-19-21(25-15(2)29-19)16-8-10-17(23)11-9-16/h3-11,13H,12H2,1-2H3. The summed E-state index contributed by atoms with van der Waals surface area (Å²) in [6.45, 7) is 3.82. The second-order valence-electron chi connectivity index (χ2n) is 6.52. The van der Waals surface area contributed by atoms with Crippen LogP contribution >= 0.6 is 22.7 Å². The zero-order valence-corrected chi connectivity index (χ0v) is 17.6. The molecule has 4 aromatic rings. The van der Waals surface area contributed by atoms with E-state index in [1.54, 1.807) is 17.0 Å². The molecule has 4 rings (SSSR count). The number of hydrogen-bond donors (Lipinski definition) is 0. The van der Waals surface area contributed by atoms with Gasteiger partial charge in [0.05, 0.1) is 28.5 Å². The minimum Gasteiger partial charge on any atom is -0.274 e. The van der Waals surface area contributed by atoms with Gasteiger partial charge in [0.15, 0.2) is 5.13 Å². The van der Waals surface area contributed by atoms with E-state index in [0.29, 0.717) is 5.13 Å². The smallest absolute Gasteiger partial charge is 0.238 e. The fraction of sp³-hybridized carbons (Fsp3) is 0.136. The maximum atomic E-state index is 13.4. The van der Waals surface area contributed by atoms with Crippen molar-refractivity contribution in [1.82, 2.24) is 9.97 Å². The van der Waals surface area contributed by atoms with Gasteiger partial charge in [-0.15, -0.1) is 22.7 Å². The third kappa shape index (κ3) is 4.26. The van der Waals surface area contributed by atoms with Gasteiger partial charge in [0.1, 0.15) is 5.82 Å². The van der Waals surface area contributed by atoms with Crippen molar-refractivity contribution in [1.29, 1.82) is 0 Å². The molecule has 7 heteroatoms. The summed E-state index contributed by atoms with van der Waals surface area (Å²) in [5, 5.41) is 3.44. The van der Waals surface area contributed by atoms with E-state index < -0.39 is 0 Å². The van der Waals surface area contributed by atoms with Crippen LogP contribution in [0.25, 0.3) is 11.3 Å². The van der Waals surface area contributed by atoms with Crippen LogP contribution in [0.5, 0.6) is 0 Å². The molecule has 0 N–H and O–H groups in total. The molecule has 2 aromatic carbocycles. The van der Waals surface area contributed by atoms with Crippen molar-refractivity contribution in [2.45, 2.75) is 20.3 Å². The Morgan fingerprint density at radius 2 is 1.76 bits per heavy atom. The molecule has 0 unspecified atom stereocenters. The summed E-state index contributed by atoms with van der Waals surface area (Å²) in [7, 11) is 0. The van der Waals surface area contributed by atoms with Crippen LogP contribution in [-0.2, 0) is 11.2 Å². The van der Waals surface area contributed by atoms with Gasteiger partial charge in [-0.05, 0) is 50.2 Å². The number of anilines is 2. The number of hydrogen-bond acceptors (Lipinski definition) is 5. The lowest BCUT2D eigenvalue weighted by molar-refractivity contribution is -0.117. The Bertz CT molecular complexity index is 1140. The van der Waals surface area contributed by atoms with Gasteiger partial charge in [-0.1, -0.05) is 18.2 Å². The molecule has 0 saturated heterocycles. The molecule has 1 amide bonds. The van der Waals surface area contributed by atoms with Crippen LogP contribution in [0.3, 0.4) is 0 Å². The SMILES string of the molecule is Cc1csc(N(C(=O)Cc2sc(C)nc2-c2ccc(F)cc2)c2ccccc2)n1. The number of aryl methyl sites for hydroxylation is 2. The monoisotopic (exact) mass is 423 g/mol. The number of carbonyl (C=O) groups excluding carboxylic acids is 1. The first-order chi connectivity index (χ1) is 14.0. The molecule has 0 bridgehead atoms. The van der Waals surface area contributed by atoms with Gasteiger partial charge in [0.25, 0.3) is 0 Å². The molecule has 0 aliphatic rings. The Morgan fingerprint density at radius 3 is 2.41 bits per heavy atom. The number of aromatic nitrogens is 2. The topological polar surface area (TPSA) is 46.1 Å². The van der Waals surface area contributed by atoms with Gasteiger partial charge in [0, 0.05) is 15.8 Å². The van der Waals surface area contributed by atoms with Crippen molar-refractivity contribution in [3.63, 3.8) is 0 Å². The van der Waals surface area contributed by atoms with Crippen molar-refractivity contribution in [3.8, 4) is 11.3 Å². The van der Waals surface area contributed by atoms with E-state index in [9.17, 15) is 9.18 Å². The molecule has 2 heterocycles. The fourth-order valence-corrected chi connectivity index (χ4v) is 4.81. The van der Waals surface area contributed by atoms with Gasteiger partial charge in [-0.25, -0.2) is 14.4 Å². The maximum absolute atomic E-state index is 13.4. The lowest BCUT2D eigenvalue weighted by Gasteiger charge is -2.20. The largest absolute Gasteiger partial charge is 0.274 e. The number of benzene rings is 2. The van der Waals surface area contributed by atoms with E-state index in [1.807, 2.05) is 49.6 Å². The molecule has 0 aliphatic heterocycles. The Balaban J connectivity index is 1.69. The second kappa shape index (κ2) is 8.23. The van der Waals surface area contributed by atoms with E-state index in [2.05, 4.69) is 9.97 Å². The number of nitrogens with zero attached hydrogens (tertiary/aromatic N) is 3. The summed E-state index contributed by atoms with van der Waals surface area (Å²) >= 11 is 2.92. The van der Waals surface area contributed by atoms with Crippen molar-refractivity contribution in [2.75, 3.05) is 4.90 Å². The normalized spacial score (nSPS) is 10.9. The number of para-hydroxylation sites is 1. The van der Waals surface area contributed by atoms with E-state index in [0.717, 1.165) is 32.5 Å². The lowest BCUT2D eigenvalue weighted by Crippen LogP contribution is -2.27. The predicted molar refractivity (Wildman–Crippen MR) is 116 cm³/mol. The molecular weight excluding hydrogens is 405 g/mol. The average Bonchev–Trinajstić information content (AvgIpc) is 3.29. The van der Waals surface area contributed by atoms with Crippen molar-refractivity contribution in [2.24, 2.45) is 0 Å². The molecule has 4 nitrogen and oxygen atoms in total. The van der Waals surface area contributed by atoms with Gasteiger partial charge >= 0.3 is 0 Å². The maximum Gasteiger partial charge on any atom is 0.238 e. The molecular formula is C22H18FN3OS2. The fourth-order valence-electron chi connectivity index (χ4n) is 3.02. The van der Waals surface area contributed by atoms with E-state index >= 15 is 0 Å². The molecule has 0 spiro atoms. The van der Waals surface area contributed by atoms with E-state index in [1.165, 1.54) is 34.8 Å². The number of rotatable bonds is 5. The number of carbonyl (C=O) groups is 1. The minimum atomic E-state index is -0.298. The Hall–Kier alpha value is -2.90. The Kier molecular flexibility index (Phi) is 5.51. The summed E-state index contributed by atoms with van der Waals surface area (Å²) in [6, 6.07) is 15.7. The van der Waals surface area contributed by atoms with E-state index in [4.69, 9.17) is 0 Å². The van der Waals surface area contributed by atoms with Crippen molar-refractivity contribution in [3.05, 3.63) is 81.4 Å². The Labute approximate surface area is 176 Å². The van der Waals surface area contributed by atoms with Gasteiger partial charge < -0.3 is 0 Å². The number of thiazole rings is 2. The van der Waals surface area contributed by atoms with Gasteiger partial charge in [0.2, 0.25) is 5.91 Å². The van der Waals surface area contributed by atoms with Gasteiger partial charge in [-0.2, -0.15) is 0 Å². The second-order valence-corrected chi connectivity index (χ2v) is 8.65. The first kappa shape index (κ1) is 19.4.